The molecule has 2 aromatic carbocycles. The molecule has 0 radical (unpaired) electrons. The number of ether oxygens (including phenoxy) is 2. The monoisotopic (exact) mass is 553 g/mol. The number of hydrogen-bond acceptors (Lipinski definition) is 4. The van der Waals surface area contributed by atoms with E-state index in [0.29, 0.717) is 6.54 Å². The van der Waals surface area contributed by atoms with Crippen LogP contribution in [0.2, 0.25) is 0 Å². The minimum absolute atomic E-state index is 0. The second-order valence-corrected chi connectivity index (χ2v) is 7.51. The number of urea groups is 1. The van der Waals surface area contributed by atoms with Crippen LogP contribution < -0.4 is 30.7 Å². The number of rotatable bonds is 8. The highest BCUT2D eigenvalue weighted by Gasteiger charge is 2.13. The summed E-state index contributed by atoms with van der Waals surface area (Å²) in [6, 6.07) is 13.6. The first-order valence-corrected chi connectivity index (χ1v) is 10.6. The molecule has 174 valence electrons. The summed E-state index contributed by atoms with van der Waals surface area (Å²) in [7, 11) is 0. The molecule has 4 N–H and O–H groups in total. The van der Waals surface area contributed by atoms with Crippen molar-refractivity contribution in [1.29, 1.82) is 0 Å². The third kappa shape index (κ3) is 8.10. The molecular weight excluding hydrogens is 521 g/mol. The van der Waals surface area contributed by atoms with Crippen molar-refractivity contribution in [2.24, 2.45) is 4.99 Å². The van der Waals surface area contributed by atoms with E-state index in [1.165, 1.54) is 5.56 Å². The highest BCUT2D eigenvalue weighted by atomic mass is 127. The first kappa shape index (κ1) is 25.6. The lowest BCUT2D eigenvalue weighted by Crippen LogP contribution is -2.38. The maximum atomic E-state index is 11.8. The predicted molar refractivity (Wildman–Crippen MR) is 138 cm³/mol. The normalized spacial score (nSPS) is 12.2. The Hall–Kier alpha value is -2.69. The van der Waals surface area contributed by atoms with E-state index in [1.807, 2.05) is 57.2 Å². The van der Waals surface area contributed by atoms with Gasteiger partial charge in [-0.1, -0.05) is 18.2 Å². The molecule has 0 aromatic heterocycles. The third-order valence-corrected chi connectivity index (χ3v) is 4.54. The van der Waals surface area contributed by atoms with Crippen LogP contribution in [0.15, 0.2) is 47.5 Å². The summed E-state index contributed by atoms with van der Waals surface area (Å²) < 4.78 is 10.8. The molecule has 1 aliphatic rings. The van der Waals surface area contributed by atoms with Crippen LogP contribution in [-0.4, -0.2) is 37.9 Å². The molecule has 8 nitrogen and oxygen atoms in total. The molecule has 0 aliphatic carbocycles. The molecule has 2 amide bonds. The number of carbonyl (C=O) groups excluding carboxylic acids is 1. The van der Waals surface area contributed by atoms with Gasteiger partial charge in [0, 0.05) is 24.8 Å². The lowest BCUT2D eigenvalue weighted by atomic mass is 10.1. The molecule has 1 aliphatic heterocycles. The van der Waals surface area contributed by atoms with Crippen LogP contribution in [0.3, 0.4) is 0 Å². The Kier molecular flexibility index (Phi) is 10.4. The molecule has 9 heteroatoms. The van der Waals surface area contributed by atoms with E-state index >= 15 is 0 Å². The fraction of sp³-hybridized carbons (Fsp3) is 0.391. The van der Waals surface area contributed by atoms with E-state index < -0.39 is 0 Å². The molecule has 0 unspecified atom stereocenters. The Morgan fingerprint density at radius 1 is 1.03 bits per heavy atom. The molecule has 0 saturated heterocycles. The highest BCUT2D eigenvalue weighted by molar-refractivity contribution is 14.0. The molecule has 0 fully saturated rings. The molecule has 32 heavy (non-hydrogen) atoms. The summed E-state index contributed by atoms with van der Waals surface area (Å²) in [6.07, 6.45) is 0.847. The van der Waals surface area contributed by atoms with Gasteiger partial charge in [-0.3, -0.25) is 0 Å². The fourth-order valence-electron chi connectivity index (χ4n) is 3.06. The number of fused-ring (bicyclic) bond motifs is 1. The summed E-state index contributed by atoms with van der Waals surface area (Å²) in [5, 5.41) is 12.2. The number of aliphatic imine (C=N–C) groups is 1. The maximum absolute atomic E-state index is 11.8. The predicted octanol–water partition coefficient (Wildman–Crippen LogP) is 3.86. The average molecular weight is 553 g/mol. The molecule has 2 aromatic rings. The summed E-state index contributed by atoms with van der Waals surface area (Å²) in [5.74, 6) is 2.37. The Balaban J connectivity index is 0.00000363. The number of halogens is 1. The molecule has 0 atom stereocenters. The summed E-state index contributed by atoms with van der Waals surface area (Å²) >= 11 is 0. The van der Waals surface area contributed by atoms with Crippen molar-refractivity contribution in [1.82, 2.24) is 16.0 Å². The summed E-state index contributed by atoms with van der Waals surface area (Å²) in [6.45, 7) is 8.24. The van der Waals surface area contributed by atoms with Crippen LogP contribution in [0, 0.1) is 0 Å². The highest BCUT2D eigenvalue weighted by Crippen LogP contribution is 2.32. The number of benzene rings is 2. The zero-order valence-corrected chi connectivity index (χ0v) is 21.1. The van der Waals surface area contributed by atoms with Crippen molar-refractivity contribution in [2.45, 2.75) is 39.8 Å². The Morgan fingerprint density at radius 3 is 2.47 bits per heavy atom. The molecular formula is C23H32IN5O3. The van der Waals surface area contributed by atoms with Gasteiger partial charge in [-0.15, -0.1) is 24.0 Å². The summed E-state index contributed by atoms with van der Waals surface area (Å²) in [4.78, 5) is 16.4. The van der Waals surface area contributed by atoms with Crippen LogP contribution in [0.1, 0.15) is 31.9 Å². The van der Waals surface area contributed by atoms with E-state index in [-0.39, 0.29) is 42.8 Å². The number of anilines is 1. The van der Waals surface area contributed by atoms with Crippen LogP contribution in [-0.2, 0) is 13.0 Å². The van der Waals surface area contributed by atoms with E-state index in [9.17, 15) is 4.79 Å². The van der Waals surface area contributed by atoms with Gasteiger partial charge in [-0.25, -0.2) is 9.79 Å². The van der Waals surface area contributed by atoms with Gasteiger partial charge in [-0.2, -0.15) is 0 Å². The minimum atomic E-state index is -0.207. The van der Waals surface area contributed by atoms with Crippen LogP contribution in [0.4, 0.5) is 10.5 Å². The smallest absolute Gasteiger partial charge is 0.319 e. The zero-order valence-electron chi connectivity index (χ0n) is 18.7. The Bertz CT molecular complexity index is 903. The maximum Gasteiger partial charge on any atom is 0.319 e. The van der Waals surface area contributed by atoms with Crippen molar-refractivity contribution in [3.63, 3.8) is 0 Å². The topological polar surface area (TPSA) is 96.0 Å². The second kappa shape index (κ2) is 13.0. The van der Waals surface area contributed by atoms with Crippen molar-refractivity contribution < 1.29 is 14.3 Å². The second-order valence-electron chi connectivity index (χ2n) is 7.51. The number of carbonyl (C=O) groups is 1. The first-order chi connectivity index (χ1) is 15.0. The molecule has 0 spiro atoms. The van der Waals surface area contributed by atoms with Crippen molar-refractivity contribution >= 4 is 41.7 Å². The molecule has 1 heterocycles. The first-order valence-electron chi connectivity index (χ1n) is 10.6. The average Bonchev–Trinajstić information content (AvgIpc) is 3.20. The van der Waals surface area contributed by atoms with Crippen LogP contribution in [0.5, 0.6) is 11.5 Å². The standard InChI is InChI=1S/C23H31N5O3.HI/c1-4-24-22(25-12-11-17-7-10-20-21(13-17)31-15-30-20)26-14-18-5-8-19(9-6-18)28-23(29)27-16(2)3;/h5-10,13,16H,4,11-12,14-15H2,1-3H3,(H2,24,25,26)(H2,27,28,29);1H. The Labute approximate surface area is 206 Å². The van der Waals surface area contributed by atoms with Crippen LogP contribution >= 0.6 is 24.0 Å². The number of amides is 2. The van der Waals surface area contributed by atoms with Gasteiger partial charge in [0.25, 0.3) is 0 Å². The van der Waals surface area contributed by atoms with Gasteiger partial charge in [0.1, 0.15) is 0 Å². The SMILES string of the molecule is CCNC(=NCc1ccc(NC(=O)NC(C)C)cc1)NCCc1ccc2c(c1)OCO2.I. The molecule has 3 rings (SSSR count). The largest absolute Gasteiger partial charge is 0.454 e. The van der Waals surface area contributed by atoms with Gasteiger partial charge in [0.2, 0.25) is 6.79 Å². The van der Waals surface area contributed by atoms with Gasteiger partial charge in [0.05, 0.1) is 6.54 Å². The van der Waals surface area contributed by atoms with Crippen LogP contribution in [0.25, 0.3) is 0 Å². The van der Waals surface area contributed by atoms with Crippen molar-refractivity contribution in [2.75, 3.05) is 25.2 Å². The van der Waals surface area contributed by atoms with Crippen molar-refractivity contribution in [3.8, 4) is 11.5 Å². The van der Waals surface area contributed by atoms with E-state index in [2.05, 4.69) is 32.3 Å². The quantitative estimate of drug-likeness (QED) is 0.226. The van der Waals surface area contributed by atoms with Gasteiger partial charge in [0.15, 0.2) is 17.5 Å². The lowest BCUT2D eigenvalue weighted by Gasteiger charge is -2.12. The van der Waals surface area contributed by atoms with Gasteiger partial charge < -0.3 is 30.7 Å². The Morgan fingerprint density at radius 2 is 1.75 bits per heavy atom. The van der Waals surface area contributed by atoms with Gasteiger partial charge in [-0.05, 0) is 62.6 Å². The third-order valence-electron chi connectivity index (χ3n) is 4.54. The number of hydrogen-bond donors (Lipinski definition) is 4. The molecule has 0 saturated carbocycles. The molecule has 0 bridgehead atoms. The van der Waals surface area contributed by atoms with Crippen molar-refractivity contribution in [3.05, 3.63) is 53.6 Å². The summed E-state index contributed by atoms with van der Waals surface area (Å²) in [5.41, 5.74) is 2.99. The fourth-order valence-corrected chi connectivity index (χ4v) is 3.06. The lowest BCUT2D eigenvalue weighted by molar-refractivity contribution is 0.174. The number of nitrogens with one attached hydrogen (secondary N) is 4. The number of nitrogens with zero attached hydrogens (tertiary/aromatic N) is 1. The van der Waals surface area contributed by atoms with E-state index in [4.69, 9.17) is 9.47 Å². The van der Waals surface area contributed by atoms with E-state index in [0.717, 1.165) is 48.2 Å². The number of guanidine groups is 1. The minimum Gasteiger partial charge on any atom is -0.454 e. The van der Waals surface area contributed by atoms with E-state index in [1.54, 1.807) is 0 Å². The zero-order chi connectivity index (χ0) is 22.1. The van der Waals surface area contributed by atoms with Gasteiger partial charge >= 0.3 is 6.03 Å².